The topological polar surface area (TPSA) is 67.6 Å². The third-order valence-electron chi connectivity index (χ3n) is 5.72. The molecule has 29 heavy (non-hydrogen) atoms. The number of nitrogens with one attached hydrogen (secondary N) is 1. The predicted molar refractivity (Wildman–Crippen MR) is 112 cm³/mol. The average Bonchev–Trinajstić information content (AvgIpc) is 2.64. The van der Waals surface area contributed by atoms with Crippen LogP contribution in [-0.2, 0) is 4.74 Å². The highest BCUT2D eigenvalue weighted by molar-refractivity contribution is 5.72. The number of benzene rings is 1. The van der Waals surface area contributed by atoms with E-state index in [4.69, 9.17) is 10.5 Å². The minimum absolute atomic E-state index is 0.265. The van der Waals surface area contributed by atoms with Crippen LogP contribution in [-0.4, -0.2) is 37.9 Å². The molecular weight excluding hydrogens is 376 g/mol. The van der Waals surface area contributed by atoms with Gasteiger partial charge in [0.1, 0.15) is 0 Å². The molecule has 7 heteroatoms. The summed E-state index contributed by atoms with van der Waals surface area (Å²) in [7, 11) is 1.79. The van der Waals surface area contributed by atoms with Gasteiger partial charge in [-0.1, -0.05) is 25.1 Å². The molecule has 1 heterocycles. The van der Waals surface area contributed by atoms with Gasteiger partial charge in [-0.15, -0.1) is 0 Å². The third-order valence-corrected chi connectivity index (χ3v) is 5.72. The van der Waals surface area contributed by atoms with E-state index < -0.39 is 17.7 Å². The van der Waals surface area contributed by atoms with E-state index in [2.05, 4.69) is 18.8 Å². The molecule has 0 bridgehead atoms. The van der Waals surface area contributed by atoms with E-state index in [1.165, 1.54) is 24.5 Å². The van der Waals surface area contributed by atoms with Crippen molar-refractivity contribution in [2.75, 3.05) is 25.1 Å². The molecule has 1 aliphatic carbocycles. The monoisotopic (exact) mass is 409 g/mol. The molecule has 2 aliphatic rings. The molecule has 1 aliphatic heterocycles. The summed E-state index contributed by atoms with van der Waals surface area (Å²) in [4.78, 5) is 12.7. The molecule has 1 aromatic carbocycles. The largest absolute Gasteiger partial charge is 0.381 e. The molecule has 1 saturated carbocycles. The lowest BCUT2D eigenvalue weighted by molar-refractivity contribution is 0.0704. The first-order valence-electron chi connectivity index (χ1n) is 10.1. The SMILES string of the molecule is C=C1CC(C)CC(OC)C1.CC1(NC(N)=O)CCN(c2cccc(F)c2F)CC1. The van der Waals surface area contributed by atoms with E-state index in [-0.39, 0.29) is 11.2 Å². The number of anilines is 1. The molecule has 3 N–H and O–H groups in total. The van der Waals surface area contributed by atoms with Crippen LogP contribution in [0.5, 0.6) is 0 Å². The van der Waals surface area contributed by atoms with Gasteiger partial charge >= 0.3 is 6.03 Å². The van der Waals surface area contributed by atoms with Crippen molar-refractivity contribution >= 4 is 11.7 Å². The molecule has 0 spiro atoms. The minimum Gasteiger partial charge on any atom is -0.381 e. The van der Waals surface area contributed by atoms with E-state index in [9.17, 15) is 13.6 Å². The van der Waals surface area contributed by atoms with Crippen molar-refractivity contribution in [2.45, 2.75) is 57.6 Å². The van der Waals surface area contributed by atoms with Crippen LogP contribution in [0.4, 0.5) is 19.3 Å². The Hall–Kier alpha value is -2.15. The fourth-order valence-electron chi connectivity index (χ4n) is 4.09. The van der Waals surface area contributed by atoms with E-state index >= 15 is 0 Å². The van der Waals surface area contributed by atoms with Crippen LogP contribution in [0, 0.1) is 17.6 Å². The number of carbonyl (C=O) groups is 1. The van der Waals surface area contributed by atoms with Gasteiger partial charge in [-0.3, -0.25) is 0 Å². The average molecular weight is 410 g/mol. The summed E-state index contributed by atoms with van der Waals surface area (Å²) in [6.45, 7) is 9.22. The summed E-state index contributed by atoms with van der Waals surface area (Å²) in [6, 6.07) is 3.58. The summed E-state index contributed by atoms with van der Waals surface area (Å²) in [6.07, 6.45) is 5.17. The van der Waals surface area contributed by atoms with E-state index in [1.807, 2.05) is 6.92 Å². The molecule has 2 fully saturated rings. The minimum atomic E-state index is -0.846. The molecule has 162 valence electrons. The van der Waals surface area contributed by atoms with Gasteiger partial charge < -0.3 is 20.7 Å². The Labute approximate surface area is 172 Å². The number of rotatable bonds is 3. The maximum absolute atomic E-state index is 13.7. The number of carbonyl (C=O) groups excluding carboxylic acids is 1. The second-order valence-electron chi connectivity index (χ2n) is 8.47. The van der Waals surface area contributed by atoms with Gasteiger partial charge in [-0.05, 0) is 57.1 Å². The quantitative estimate of drug-likeness (QED) is 0.729. The Morgan fingerprint density at radius 3 is 2.52 bits per heavy atom. The van der Waals surface area contributed by atoms with Gasteiger partial charge in [0.05, 0.1) is 11.8 Å². The Morgan fingerprint density at radius 1 is 1.31 bits per heavy atom. The van der Waals surface area contributed by atoms with Crippen molar-refractivity contribution in [1.82, 2.24) is 5.32 Å². The number of ether oxygens (including phenoxy) is 1. The van der Waals surface area contributed by atoms with Crippen molar-refractivity contribution in [3.05, 3.63) is 42.0 Å². The molecule has 2 atom stereocenters. The maximum Gasteiger partial charge on any atom is 0.312 e. The van der Waals surface area contributed by atoms with Crippen molar-refractivity contribution in [2.24, 2.45) is 11.7 Å². The number of primary amides is 1. The van der Waals surface area contributed by atoms with Crippen LogP contribution in [0.2, 0.25) is 0 Å². The van der Waals surface area contributed by atoms with E-state index in [1.54, 1.807) is 18.1 Å². The highest BCUT2D eigenvalue weighted by Crippen LogP contribution is 2.29. The van der Waals surface area contributed by atoms with Gasteiger partial charge in [-0.25, -0.2) is 13.6 Å². The van der Waals surface area contributed by atoms with Crippen molar-refractivity contribution in [3.8, 4) is 0 Å². The summed E-state index contributed by atoms with van der Waals surface area (Å²) in [5, 5.41) is 2.70. The number of hydrogen-bond donors (Lipinski definition) is 2. The highest BCUT2D eigenvalue weighted by Gasteiger charge is 2.32. The number of nitrogens with two attached hydrogens (primary N) is 1. The number of urea groups is 1. The van der Waals surface area contributed by atoms with Gasteiger partial charge in [0.15, 0.2) is 11.6 Å². The molecule has 2 amide bonds. The second-order valence-corrected chi connectivity index (χ2v) is 8.47. The molecular formula is C22H33F2N3O2. The number of amides is 2. The lowest BCUT2D eigenvalue weighted by Crippen LogP contribution is -2.55. The number of halogens is 2. The zero-order valence-corrected chi connectivity index (χ0v) is 17.6. The zero-order chi connectivity index (χ0) is 21.6. The van der Waals surface area contributed by atoms with Crippen molar-refractivity contribution < 1.29 is 18.3 Å². The van der Waals surface area contributed by atoms with E-state index in [0.717, 1.165) is 18.4 Å². The van der Waals surface area contributed by atoms with Gasteiger partial charge in [-0.2, -0.15) is 0 Å². The van der Waals surface area contributed by atoms with Crippen LogP contribution in [0.25, 0.3) is 0 Å². The fraction of sp³-hybridized carbons (Fsp3) is 0.591. The van der Waals surface area contributed by atoms with Gasteiger partial charge in [0.25, 0.3) is 0 Å². The van der Waals surface area contributed by atoms with Gasteiger partial charge in [0, 0.05) is 25.7 Å². The maximum atomic E-state index is 13.7. The first-order chi connectivity index (χ1) is 13.6. The standard InChI is InChI=1S/C13H17F2N3O.C9H16O/c1-13(17-12(16)19)5-7-18(8-6-13)10-4-2-3-9(14)11(10)15;1-7-4-8(2)6-9(5-7)10-3/h2-4H,5-8H2,1H3,(H3,16,17,19);8-9H,1,4-6H2,2-3H3. The summed E-state index contributed by atoms with van der Waals surface area (Å²) < 4.78 is 32.1. The van der Waals surface area contributed by atoms with E-state index in [0.29, 0.717) is 32.0 Å². The third kappa shape index (κ3) is 6.70. The molecule has 0 aromatic heterocycles. The molecule has 5 nitrogen and oxygen atoms in total. The highest BCUT2D eigenvalue weighted by atomic mass is 19.2. The Kier molecular flexibility index (Phi) is 8.02. The molecule has 3 rings (SSSR count). The lowest BCUT2D eigenvalue weighted by Gasteiger charge is -2.40. The smallest absolute Gasteiger partial charge is 0.312 e. The fourth-order valence-corrected chi connectivity index (χ4v) is 4.09. The predicted octanol–water partition coefficient (Wildman–Crippen LogP) is 4.37. The first-order valence-corrected chi connectivity index (χ1v) is 10.1. The number of methoxy groups -OCH3 is 1. The molecule has 1 aromatic rings. The van der Waals surface area contributed by atoms with Crippen LogP contribution >= 0.6 is 0 Å². The number of hydrogen-bond acceptors (Lipinski definition) is 3. The molecule has 2 unspecified atom stereocenters. The summed E-state index contributed by atoms with van der Waals surface area (Å²) in [5.41, 5.74) is 6.36. The second kappa shape index (κ2) is 10.1. The van der Waals surface area contributed by atoms with Crippen LogP contribution in [0.3, 0.4) is 0 Å². The lowest BCUT2D eigenvalue weighted by atomic mass is 9.86. The molecule has 0 radical (unpaired) electrons. The van der Waals surface area contributed by atoms with Crippen LogP contribution in [0.1, 0.15) is 46.0 Å². The van der Waals surface area contributed by atoms with Crippen LogP contribution in [0.15, 0.2) is 30.4 Å². The van der Waals surface area contributed by atoms with Crippen molar-refractivity contribution in [1.29, 1.82) is 0 Å². The number of piperidine rings is 1. The first kappa shape index (κ1) is 23.1. The Bertz CT molecular complexity index is 718. The van der Waals surface area contributed by atoms with Crippen LogP contribution < -0.4 is 16.0 Å². The Morgan fingerprint density at radius 2 is 1.97 bits per heavy atom. The van der Waals surface area contributed by atoms with Gasteiger partial charge in [0.2, 0.25) is 0 Å². The van der Waals surface area contributed by atoms with Crippen molar-refractivity contribution in [3.63, 3.8) is 0 Å². The summed E-state index contributed by atoms with van der Waals surface area (Å²) in [5.74, 6) is -0.902. The summed E-state index contributed by atoms with van der Waals surface area (Å²) >= 11 is 0. The zero-order valence-electron chi connectivity index (χ0n) is 17.6. The number of nitrogens with zero attached hydrogens (tertiary/aromatic N) is 1. The Balaban J connectivity index is 0.000000253. The normalized spacial score (nSPS) is 23.8. The molecule has 1 saturated heterocycles.